The van der Waals surface area contributed by atoms with Crippen LogP contribution in [-0.4, -0.2) is 33.0 Å². The van der Waals surface area contributed by atoms with Gasteiger partial charge in [-0.25, -0.2) is 4.39 Å². The summed E-state index contributed by atoms with van der Waals surface area (Å²) in [5.41, 5.74) is 3.27. The molecule has 0 fully saturated rings. The standard InChI is InChI=1S/C17H15ClFN4O3P/c18-11-5-9(1-2-12(11)19)6-23-4-3-22-7-10(16-21-20-8-27-16)14(24)15(25)13(22)17(23)26/h1-2,5,7-8,16,21,25,27H,3-4,6H2. The van der Waals surface area contributed by atoms with Crippen LogP contribution >= 0.6 is 20.2 Å². The van der Waals surface area contributed by atoms with Crippen molar-refractivity contribution in [1.29, 1.82) is 0 Å². The molecule has 2 atom stereocenters. The zero-order valence-electron chi connectivity index (χ0n) is 13.9. The summed E-state index contributed by atoms with van der Waals surface area (Å²) in [5, 5.41) is 14.3. The second-order valence-corrected chi connectivity index (χ2v) is 7.84. The molecule has 0 spiro atoms. The maximum Gasteiger partial charge on any atom is 0.274 e. The molecule has 1 aromatic heterocycles. The number of rotatable bonds is 3. The maximum atomic E-state index is 13.3. The van der Waals surface area contributed by atoms with E-state index in [-0.39, 0.29) is 31.6 Å². The Labute approximate surface area is 160 Å². The number of carbonyl (C=O) groups excluding carboxylic acids is 1. The van der Waals surface area contributed by atoms with Gasteiger partial charge in [0, 0.05) is 37.4 Å². The first-order valence-electron chi connectivity index (χ1n) is 8.18. The van der Waals surface area contributed by atoms with Crippen LogP contribution in [0, 0.1) is 5.82 Å². The number of aromatic nitrogens is 1. The van der Waals surface area contributed by atoms with Crippen molar-refractivity contribution in [3.63, 3.8) is 0 Å². The van der Waals surface area contributed by atoms with Crippen molar-refractivity contribution < 1.29 is 14.3 Å². The SMILES string of the molecule is O=C1c2c(O)c(=O)c(C3NN=CP3)cn2CCN1Cc1ccc(F)c(Cl)c1. The molecule has 4 rings (SSSR count). The number of hydrogen-bond donors (Lipinski definition) is 2. The third kappa shape index (κ3) is 3.19. The van der Waals surface area contributed by atoms with Gasteiger partial charge < -0.3 is 14.6 Å². The normalized spacial score (nSPS) is 19.4. The van der Waals surface area contributed by atoms with Gasteiger partial charge in [0.15, 0.2) is 11.4 Å². The fraction of sp³-hybridized carbons (Fsp3) is 0.235. The van der Waals surface area contributed by atoms with E-state index in [9.17, 15) is 19.1 Å². The minimum atomic E-state index is -0.572. The Kier molecular flexibility index (Phi) is 4.61. The van der Waals surface area contributed by atoms with Crippen molar-refractivity contribution in [2.45, 2.75) is 18.9 Å². The van der Waals surface area contributed by atoms with E-state index >= 15 is 0 Å². The molecule has 2 N–H and O–H groups in total. The van der Waals surface area contributed by atoms with Crippen LogP contribution in [0.5, 0.6) is 5.75 Å². The summed E-state index contributed by atoms with van der Waals surface area (Å²) in [6.07, 6.45) is 1.61. The second-order valence-electron chi connectivity index (χ2n) is 6.27. The first kappa shape index (κ1) is 17.9. The van der Waals surface area contributed by atoms with Gasteiger partial charge in [0.2, 0.25) is 5.43 Å². The highest BCUT2D eigenvalue weighted by molar-refractivity contribution is 7.56. The van der Waals surface area contributed by atoms with Crippen molar-refractivity contribution >= 4 is 32.0 Å². The molecule has 2 aliphatic heterocycles. The van der Waals surface area contributed by atoms with E-state index in [1.165, 1.54) is 17.0 Å². The predicted molar refractivity (Wildman–Crippen MR) is 101 cm³/mol. The average Bonchev–Trinajstić information content (AvgIpc) is 3.17. The van der Waals surface area contributed by atoms with Gasteiger partial charge in [-0.1, -0.05) is 17.7 Å². The number of carbonyl (C=O) groups is 1. The van der Waals surface area contributed by atoms with Crippen molar-refractivity contribution in [2.24, 2.45) is 5.10 Å². The van der Waals surface area contributed by atoms with Crippen LogP contribution in [0.4, 0.5) is 4.39 Å². The number of fused-ring (bicyclic) bond motifs is 1. The van der Waals surface area contributed by atoms with Crippen LogP contribution in [0.1, 0.15) is 27.4 Å². The van der Waals surface area contributed by atoms with E-state index < -0.39 is 22.9 Å². The monoisotopic (exact) mass is 408 g/mol. The van der Waals surface area contributed by atoms with Crippen LogP contribution < -0.4 is 10.9 Å². The maximum absolute atomic E-state index is 13.3. The van der Waals surface area contributed by atoms with Crippen LogP contribution in [0.3, 0.4) is 0 Å². The molecule has 27 heavy (non-hydrogen) atoms. The topological polar surface area (TPSA) is 86.9 Å². The van der Waals surface area contributed by atoms with Crippen molar-refractivity contribution in [1.82, 2.24) is 14.9 Å². The molecule has 0 saturated heterocycles. The largest absolute Gasteiger partial charge is 0.503 e. The van der Waals surface area contributed by atoms with Crippen molar-refractivity contribution in [2.75, 3.05) is 6.54 Å². The highest BCUT2D eigenvalue weighted by Crippen LogP contribution is 2.33. The summed E-state index contributed by atoms with van der Waals surface area (Å²) in [4.78, 5) is 26.9. The third-order valence-corrected chi connectivity index (χ3v) is 5.90. The minimum absolute atomic E-state index is 0.0202. The number of amides is 1. The Morgan fingerprint density at radius 3 is 2.89 bits per heavy atom. The quantitative estimate of drug-likeness (QED) is 0.762. The van der Waals surface area contributed by atoms with Gasteiger partial charge in [0.1, 0.15) is 5.82 Å². The van der Waals surface area contributed by atoms with E-state index in [1.807, 2.05) is 0 Å². The van der Waals surface area contributed by atoms with Gasteiger partial charge in [0.05, 0.1) is 10.8 Å². The second kappa shape index (κ2) is 6.94. The first-order valence-corrected chi connectivity index (χ1v) is 9.71. The van der Waals surface area contributed by atoms with Crippen LogP contribution in [0.2, 0.25) is 5.02 Å². The summed E-state index contributed by atoms with van der Waals surface area (Å²) in [7, 11) is 0.285. The molecule has 0 saturated carbocycles. The fourth-order valence-electron chi connectivity index (χ4n) is 3.19. The number of nitrogens with zero attached hydrogens (tertiary/aromatic N) is 3. The molecule has 0 aliphatic carbocycles. The van der Waals surface area contributed by atoms with E-state index in [4.69, 9.17) is 11.6 Å². The van der Waals surface area contributed by atoms with Crippen LogP contribution in [0.15, 0.2) is 34.3 Å². The molecule has 3 heterocycles. The number of hydrogen-bond acceptors (Lipinski definition) is 5. The zero-order chi connectivity index (χ0) is 19.1. The van der Waals surface area contributed by atoms with E-state index in [1.54, 1.807) is 22.8 Å². The summed E-state index contributed by atoms with van der Waals surface area (Å²) in [6, 6.07) is 4.25. The van der Waals surface area contributed by atoms with E-state index in [2.05, 4.69) is 10.5 Å². The molecular formula is C17H15ClFN4O3P. The Hall–Kier alpha value is -2.44. The smallest absolute Gasteiger partial charge is 0.274 e. The highest BCUT2D eigenvalue weighted by atomic mass is 35.5. The molecular weight excluding hydrogens is 394 g/mol. The first-order chi connectivity index (χ1) is 13.0. The average molecular weight is 409 g/mol. The summed E-state index contributed by atoms with van der Waals surface area (Å²) < 4.78 is 14.9. The van der Waals surface area contributed by atoms with Crippen molar-refractivity contribution in [3.05, 3.63) is 62.3 Å². The molecule has 2 unspecified atom stereocenters. The molecule has 7 nitrogen and oxygen atoms in total. The number of halogens is 2. The number of nitrogens with one attached hydrogen (secondary N) is 1. The molecule has 10 heteroatoms. The Balaban J connectivity index is 1.64. The van der Waals surface area contributed by atoms with Crippen LogP contribution in [0.25, 0.3) is 0 Å². The predicted octanol–water partition coefficient (Wildman–Crippen LogP) is 2.23. The van der Waals surface area contributed by atoms with Crippen LogP contribution in [-0.2, 0) is 13.1 Å². The van der Waals surface area contributed by atoms with Gasteiger partial charge in [-0.15, -0.1) is 0 Å². The lowest BCUT2D eigenvalue weighted by Gasteiger charge is -2.31. The van der Waals surface area contributed by atoms with Gasteiger partial charge in [0.25, 0.3) is 5.91 Å². The molecule has 2 aromatic rings. The lowest BCUT2D eigenvalue weighted by atomic mass is 10.1. The molecule has 140 valence electrons. The number of benzene rings is 1. The summed E-state index contributed by atoms with van der Waals surface area (Å²) in [5.74, 6) is -0.140. The van der Waals surface area contributed by atoms with Gasteiger partial charge in [-0.2, -0.15) is 5.10 Å². The lowest BCUT2D eigenvalue weighted by molar-refractivity contribution is 0.0683. The molecule has 1 amide bonds. The zero-order valence-corrected chi connectivity index (χ0v) is 15.7. The van der Waals surface area contributed by atoms with E-state index in [0.717, 1.165) is 0 Å². The number of pyridine rings is 1. The van der Waals surface area contributed by atoms with Gasteiger partial charge in [-0.3, -0.25) is 15.0 Å². The molecule has 2 aliphatic rings. The number of hydrazone groups is 1. The third-order valence-electron chi connectivity index (χ3n) is 4.56. The van der Waals surface area contributed by atoms with Gasteiger partial charge >= 0.3 is 0 Å². The highest BCUT2D eigenvalue weighted by Gasteiger charge is 2.31. The Morgan fingerprint density at radius 1 is 1.37 bits per heavy atom. The lowest BCUT2D eigenvalue weighted by Crippen LogP contribution is -2.41. The fourth-order valence-corrected chi connectivity index (χ4v) is 4.22. The molecule has 1 aromatic carbocycles. The number of aromatic hydroxyl groups is 1. The minimum Gasteiger partial charge on any atom is -0.503 e. The Bertz CT molecular complexity index is 1020. The summed E-state index contributed by atoms with van der Waals surface area (Å²) >= 11 is 5.80. The van der Waals surface area contributed by atoms with Gasteiger partial charge in [-0.05, 0) is 26.3 Å². The summed E-state index contributed by atoms with van der Waals surface area (Å²) in [6.45, 7) is 1.01. The molecule has 0 radical (unpaired) electrons. The van der Waals surface area contributed by atoms with Crippen molar-refractivity contribution in [3.8, 4) is 5.75 Å². The Morgan fingerprint density at radius 2 is 2.19 bits per heavy atom. The molecule has 0 bridgehead atoms. The van der Waals surface area contributed by atoms with E-state index in [0.29, 0.717) is 24.2 Å².